The molecule has 0 radical (unpaired) electrons. The molecule has 25 heavy (non-hydrogen) atoms. The van der Waals surface area contributed by atoms with E-state index < -0.39 is 0 Å². The van der Waals surface area contributed by atoms with Crippen molar-refractivity contribution in [3.63, 3.8) is 0 Å². The first-order valence-electron chi connectivity index (χ1n) is 8.65. The standard InChI is InChI=1S/C17H26N6O2/c1-4-19-17(18-2)21-15-6-5-14(16(20-15)24-3)23-9-7-22(8-10-23)13-11-25-12-13/h5-6,13H,2,4,7-12H2,1,3H3,(H,19,20,21). The summed E-state index contributed by atoms with van der Waals surface area (Å²) in [6, 6.07) is 4.54. The van der Waals surface area contributed by atoms with E-state index in [0.29, 0.717) is 30.2 Å². The third-order valence-corrected chi connectivity index (χ3v) is 4.52. The van der Waals surface area contributed by atoms with Crippen molar-refractivity contribution in [1.82, 2.24) is 9.88 Å². The zero-order valence-corrected chi connectivity index (χ0v) is 14.9. The molecule has 2 fully saturated rings. The highest BCUT2D eigenvalue weighted by Gasteiger charge is 2.29. The number of hydrogen-bond donors (Lipinski definition) is 1. The van der Waals surface area contributed by atoms with Gasteiger partial charge in [-0.3, -0.25) is 9.89 Å². The van der Waals surface area contributed by atoms with Crippen LogP contribution in [0.2, 0.25) is 0 Å². The molecule has 2 aliphatic rings. The van der Waals surface area contributed by atoms with Crippen molar-refractivity contribution in [3.05, 3.63) is 12.1 Å². The minimum absolute atomic E-state index is 0.459. The third-order valence-electron chi connectivity index (χ3n) is 4.52. The maximum atomic E-state index is 5.51. The molecule has 3 heterocycles. The highest BCUT2D eigenvalue weighted by molar-refractivity contribution is 5.95. The molecular formula is C17H26N6O2. The molecule has 2 aliphatic heterocycles. The van der Waals surface area contributed by atoms with Crippen molar-refractivity contribution >= 4 is 24.2 Å². The monoisotopic (exact) mass is 346 g/mol. The van der Waals surface area contributed by atoms with Crippen LogP contribution in [-0.4, -0.2) is 81.7 Å². The van der Waals surface area contributed by atoms with Crippen LogP contribution in [0.4, 0.5) is 11.5 Å². The van der Waals surface area contributed by atoms with Crippen LogP contribution in [0.3, 0.4) is 0 Å². The maximum absolute atomic E-state index is 5.51. The molecule has 136 valence electrons. The van der Waals surface area contributed by atoms with Crippen LogP contribution < -0.4 is 15.0 Å². The number of pyridine rings is 1. The van der Waals surface area contributed by atoms with Gasteiger partial charge >= 0.3 is 0 Å². The Bertz CT molecular complexity index is 624. The van der Waals surface area contributed by atoms with E-state index in [-0.39, 0.29) is 0 Å². The summed E-state index contributed by atoms with van der Waals surface area (Å²) in [4.78, 5) is 17.4. The van der Waals surface area contributed by atoms with Crippen LogP contribution in [0, 0.1) is 0 Å². The fourth-order valence-corrected chi connectivity index (χ4v) is 3.05. The Labute approximate surface area is 148 Å². The van der Waals surface area contributed by atoms with Gasteiger partial charge in [0, 0.05) is 32.7 Å². The fraction of sp³-hybridized carbons (Fsp3) is 0.588. The van der Waals surface area contributed by atoms with Crippen LogP contribution in [-0.2, 0) is 4.74 Å². The highest BCUT2D eigenvalue weighted by Crippen LogP contribution is 2.29. The van der Waals surface area contributed by atoms with Gasteiger partial charge in [-0.1, -0.05) is 0 Å². The van der Waals surface area contributed by atoms with Crippen molar-refractivity contribution in [2.24, 2.45) is 9.98 Å². The first-order chi connectivity index (χ1) is 12.2. The van der Waals surface area contributed by atoms with Crippen molar-refractivity contribution < 1.29 is 9.47 Å². The average molecular weight is 346 g/mol. The van der Waals surface area contributed by atoms with E-state index in [1.807, 2.05) is 19.1 Å². The topological polar surface area (TPSA) is 74.6 Å². The molecule has 0 atom stereocenters. The Morgan fingerprint density at radius 3 is 2.68 bits per heavy atom. The van der Waals surface area contributed by atoms with Crippen molar-refractivity contribution in [1.29, 1.82) is 0 Å². The molecule has 8 nitrogen and oxygen atoms in total. The fourth-order valence-electron chi connectivity index (χ4n) is 3.05. The Kier molecular flexibility index (Phi) is 5.83. The number of methoxy groups -OCH3 is 1. The van der Waals surface area contributed by atoms with Gasteiger partial charge in [0.25, 0.3) is 0 Å². The van der Waals surface area contributed by atoms with E-state index in [4.69, 9.17) is 9.47 Å². The van der Waals surface area contributed by atoms with Gasteiger partial charge in [-0.25, -0.2) is 4.99 Å². The zero-order valence-electron chi connectivity index (χ0n) is 14.9. The molecule has 1 aromatic rings. The first kappa shape index (κ1) is 17.6. The van der Waals surface area contributed by atoms with Gasteiger partial charge in [-0.05, 0) is 25.8 Å². The number of rotatable bonds is 5. The second-order valence-electron chi connectivity index (χ2n) is 6.02. The summed E-state index contributed by atoms with van der Waals surface area (Å²) in [6.45, 7) is 11.8. The predicted molar refractivity (Wildman–Crippen MR) is 100 cm³/mol. The molecule has 2 saturated heterocycles. The number of ether oxygens (including phenoxy) is 2. The molecule has 1 aromatic heterocycles. The number of guanidine groups is 1. The molecule has 0 spiro atoms. The molecule has 0 amide bonds. The van der Waals surface area contributed by atoms with E-state index in [1.54, 1.807) is 7.11 Å². The number of hydrogen-bond acceptors (Lipinski definition) is 6. The number of nitrogens with one attached hydrogen (secondary N) is 1. The lowest BCUT2D eigenvalue weighted by Crippen LogP contribution is -2.56. The molecule has 0 bridgehead atoms. The summed E-state index contributed by atoms with van der Waals surface area (Å²) < 4.78 is 10.8. The number of anilines is 2. The normalized spacial score (nSPS) is 19.4. The van der Waals surface area contributed by atoms with E-state index in [9.17, 15) is 0 Å². The number of aromatic nitrogens is 1. The van der Waals surface area contributed by atoms with Gasteiger partial charge in [0.05, 0.1) is 26.4 Å². The summed E-state index contributed by atoms with van der Waals surface area (Å²) in [5.74, 6) is 1.71. The van der Waals surface area contributed by atoms with Crippen molar-refractivity contribution in [2.45, 2.75) is 13.0 Å². The van der Waals surface area contributed by atoms with E-state index in [0.717, 1.165) is 45.1 Å². The largest absolute Gasteiger partial charge is 0.479 e. The van der Waals surface area contributed by atoms with Crippen molar-refractivity contribution in [2.75, 3.05) is 63.3 Å². The summed E-state index contributed by atoms with van der Waals surface area (Å²) in [5, 5.41) is 3.06. The molecular weight excluding hydrogens is 320 g/mol. The van der Waals surface area contributed by atoms with Crippen LogP contribution >= 0.6 is 0 Å². The lowest BCUT2D eigenvalue weighted by Gasteiger charge is -2.43. The van der Waals surface area contributed by atoms with E-state index in [1.165, 1.54) is 0 Å². The highest BCUT2D eigenvalue weighted by atomic mass is 16.5. The SMILES string of the molecule is C=NC(=NCC)Nc1ccc(N2CCN(C3COC3)CC2)c(OC)n1. The number of aliphatic imine (C=N–C) groups is 2. The summed E-state index contributed by atoms with van der Waals surface area (Å²) >= 11 is 0. The molecule has 8 heteroatoms. The lowest BCUT2D eigenvalue weighted by atomic mass is 10.1. The minimum atomic E-state index is 0.459. The number of piperazine rings is 1. The Hall–Kier alpha value is -2.19. The summed E-state index contributed by atoms with van der Waals surface area (Å²) in [6.07, 6.45) is 0. The predicted octanol–water partition coefficient (Wildman–Crippen LogP) is 1.10. The average Bonchev–Trinajstić information content (AvgIpc) is 2.60. The molecule has 3 rings (SSSR count). The second kappa shape index (κ2) is 8.26. The third kappa shape index (κ3) is 4.08. The van der Waals surface area contributed by atoms with Gasteiger partial charge in [0.1, 0.15) is 11.5 Å². The number of nitrogens with zero attached hydrogens (tertiary/aromatic N) is 5. The Balaban J connectivity index is 1.67. The van der Waals surface area contributed by atoms with Crippen LogP contribution in [0.15, 0.2) is 22.1 Å². The summed E-state index contributed by atoms with van der Waals surface area (Å²) in [5.41, 5.74) is 1.01. The lowest BCUT2D eigenvalue weighted by molar-refractivity contribution is -0.0660. The van der Waals surface area contributed by atoms with Gasteiger partial charge in [0.2, 0.25) is 11.8 Å². The zero-order chi connectivity index (χ0) is 17.6. The van der Waals surface area contributed by atoms with Gasteiger partial charge in [-0.2, -0.15) is 4.98 Å². The van der Waals surface area contributed by atoms with Crippen LogP contribution in [0.1, 0.15) is 6.92 Å². The van der Waals surface area contributed by atoms with E-state index >= 15 is 0 Å². The maximum Gasteiger partial charge on any atom is 0.239 e. The molecule has 0 saturated carbocycles. The molecule has 1 N–H and O–H groups in total. The Morgan fingerprint density at radius 1 is 1.36 bits per heavy atom. The van der Waals surface area contributed by atoms with Gasteiger partial charge in [0.15, 0.2) is 0 Å². The summed E-state index contributed by atoms with van der Waals surface area (Å²) in [7, 11) is 1.64. The Morgan fingerprint density at radius 2 is 2.12 bits per heavy atom. The van der Waals surface area contributed by atoms with Gasteiger partial charge in [-0.15, -0.1) is 0 Å². The molecule has 0 unspecified atom stereocenters. The molecule has 0 aromatic carbocycles. The van der Waals surface area contributed by atoms with E-state index in [2.05, 4.69) is 36.8 Å². The van der Waals surface area contributed by atoms with Crippen LogP contribution in [0.5, 0.6) is 5.88 Å². The first-order valence-corrected chi connectivity index (χ1v) is 8.65. The van der Waals surface area contributed by atoms with Crippen LogP contribution in [0.25, 0.3) is 0 Å². The van der Waals surface area contributed by atoms with Crippen molar-refractivity contribution in [3.8, 4) is 5.88 Å². The second-order valence-corrected chi connectivity index (χ2v) is 6.02. The smallest absolute Gasteiger partial charge is 0.239 e. The molecule has 0 aliphatic carbocycles. The van der Waals surface area contributed by atoms with Gasteiger partial charge < -0.3 is 19.7 Å². The minimum Gasteiger partial charge on any atom is -0.479 e. The quantitative estimate of drug-likeness (QED) is 0.636.